The van der Waals surface area contributed by atoms with Crippen LogP contribution in [0, 0.1) is 0 Å². The molecule has 0 saturated carbocycles. The highest BCUT2D eigenvalue weighted by molar-refractivity contribution is 5.66. The topological polar surface area (TPSA) is 97.0 Å². The van der Waals surface area contributed by atoms with Gasteiger partial charge in [0.05, 0.1) is 11.4 Å². The van der Waals surface area contributed by atoms with E-state index in [1.807, 2.05) is 31.2 Å². The fourth-order valence-electron chi connectivity index (χ4n) is 2.60. The molecular weight excluding hydrogens is 412 g/mol. The van der Waals surface area contributed by atoms with Crippen molar-refractivity contribution in [1.29, 1.82) is 0 Å². The first-order valence-electron chi connectivity index (χ1n) is 10.0. The van der Waals surface area contributed by atoms with Crippen molar-refractivity contribution in [3.63, 3.8) is 0 Å². The number of aromatic nitrogens is 3. The van der Waals surface area contributed by atoms with Crippen molar-refractivity contribution in [2.75, 3.05) is 17.7 Å². The van der Waals surface area contributed by atoms with Gasteiger partial charge in [-0.1, -0.05) is 25.6 Å². The number of alkyl halides is 2. The Morgan fingerprint density at radius 3 is 2.47 bits per heavy atom. The Kier molecular flexibility index (Phi) is 9.01. The summed E-state index contributed by atoms with van der Waals surface area (Å²) in [4.78, 5) is 11.9. The average molecular weight is 444 g/mol. The molecule has 0 aliphatic carbocycles. The Balaban J connectivity index is 0.00000168. The number of nitrogens with two attached hydrogens (primary N) is 1. The monoisotopic (exact) mass is 443 g/mol. The maximum atomic E-state index is 13.5. The van der Waals surface area contributed by atoms with Crippen LogP contribution in [-0.4, -0.2) is 26.7 Å². The lowest BCUT2D eigenvalue weighted by Crippen LogP contribution is -2.07. The molecule has 0 radical (unpaired) electrons. The number of nitrogen functional groups attached to an aromatic ring is 1. The van der Waals surface area contributed by atoms with Gasteiger partial charge in [0.15, 0.2) is 0 Å². The molecule has 2 heterocycles. The molecule has 32 heavy (non-hydrogen) atoms. The van der Waals surface area contributed by atoms with Crippen LogP contribution in [0.2, 0.25) is 0 Å². The fraction of sp³-hybridized carbons (Fsp3) is 0.250. The summed E-state index contributed by atoms with van der Waals surface area (Å²) in [6, 6.07) is 10.6. The smallest absolute Gasteiger partial charge is 0.272 e. The molecule has 4 N–H and O–H groups in total. The second-order valence-electron chi connectivity index (χ2n) is 7.01. The van der Waals surface area contributed by atoms with Crippen molar-refractivity contribution in [2.45, 2.75) is 32.6 Å². The van der Waals surface area contributed by atoms with E-state index in [0.717, 1.165) is 36.0 Å². The van der Waals surface area contributed by atoms with E-state index in [-0.39, 0.29) is 14.4 Å². The van der Waals surface area contributed by atoms with Crippen LogP contribution in [0.1, 0.15) is 34.4 Å². The molecule has 0 aliphatic heterocycles. The van der Waals surface area contributed by atoms with E-state index in [2.05, 4.69) is 32.6 Å². The molecule has 0 unspecified atom stereocenters. The average Bonchev–Trinajstić information content (AvgIpc) is 2.79. The molecule has 3 aromatic rings. The molecule has 0 bridgehead atoms. The Hall–Kier alpha value is -3.61. The zero-order valence-electron chi connectivity index (χ0n) is 18.1. The van der Waals surface area contributed by atoms with Crippen molar-refractivity contribution in [3.8, 4) is 11.1 Å². The maximum absolute atomic E-state index is 13.5. The first kappa shape index (κ1) is 24.7. The molecule has 8 heteroatoms. The molecule has 1 aromatic carbocycles. The van der Waals surface area contributed by atoms with E-state index in [1.54, 1.807) is 18.5 Å². The minimum absolute atomic E-state index is 0. The van der Waals surface area contributed by atoms with Crippen LogP contribution >= 0.6 is 0 Å². The second-order valence-corrected chi connectivity index (χ2v) is 7.01. The van der Waals surface area contributed by atoms with Gasteiger partial charge in [-0.15, -0.1) is 5.73 Å². The van der Waals surface area contributed by atoms with Crippen LogP contribution in [0.3, 0.4) is 0 Å². The number of hydrogen-bond donors (Lipinski definition) is 3. The van der Waals surface area contributed by atoms with Crippen LogP contribution in [0.5, 0.6) is 0 Å². The van der Waals surface area contributed by atoms with E-state index in [0.29, 0.717) is 18.6 Å². The van der Waals surface area contributed by atoms with Gasteiger partial charge in [0, 0.05) is 58.2 Å². The van der Waals surface area contributed by atoms with Crippen LogP contribution in [0.25, 0.3) is 11.1 Å². The number of aliphatic hydroxyl groups is 1. The number of pyridine rings is 1. The summed E-state index contributed by atoms with van der Waals surface area (Å²) in [5.41, 5.74) is 12.0. The largest absolute Gasteiger partial charge is 0.396 e. The van der Waals surface area contributed by atoms with Crippen molar-refractivity contribution in [2.24, 2.45) is 0 Å². The predicted molar refractivity (Wildman–Crippen MR) is 127 cm³/mol. The summed E-state index contributed by atoms with van der Waals surface area (Å²) in [6.07, 6.45) is 5.68. The normalized spacial score (nSPS) is 10.5. The number of benzene rings is 1. The highest BCUT2D eigenvalue weighted by Crippen LogP contribution is 2.30. The lowest BCUT2D eigenvalue weighted by Gasteiger charge is -2.12. The summed E-state index contributed by atoms with van der Waals surface area (Å²) in [6.45, 7) is 6.80. The molecule has 0 fully saturated rings. The SMILES string of the molecule is C=C=C(Cc1ccnc(N)n1)Nc1ccc(-c2cncc(C(C)(F)F)c2)cc1.CCCO.[HH].[HH]. The summed E-state index contributed by atoms with van der Waals surface area (Å²) in [5.74, 6) is -2.72. The van der Waals surface area contributed by atoms with Gasteiger partial charge in [0.2, 0.25) is 5.95 Å². The number of aliphatic hydroxyl groups excluding tert-OH is 1. The number of allylic oxidation sites excluding steroid dienone is 1. The number of hydrogen-bond acceptors (Lipinski definition) is 6. The first-order valence-corrected chi connectivity index (χ1v) is 10.0. The zero-order valence-corrected chi connectivity index (χ0v) is 18.1. The van der Waals surface area contributed by atoms with Crippen molar-refractivity contribution < 1.29 is 16.7 Å². The van der Waals surface area contributed by atoms with Crippen LogP contribution in [0.15, 0.2) is 73.0 Å². The van der Waals surface area contributed by atoms with E-state index < -0.39 is 5.92 Å². The molecule has 3 rings (SSSR count). The van der Waals surface area contributed by atoms with Crippen LogP contribution in [-0.2, 0) is 12.3 Å². The maximum Gasteiger partial charge on any atom is 0.272 e. The quantitative estimate of drug-likeness (QED) is 0.421. The number of nitrogens with zero attached hydrogens (tertiary/aromatic N) is 3. The van der Waals surface area contributed by atoms with Crippen LogP contribution in [0.4, 0.5) is 20.4 Å². The van der Waals surface area contributed by atoms with E-state index in [4.69, 9.17) is 10.8 Å². The highest BCUT2D eigenvalue weighted by atomic mass is 19.3. The Bertz CT molecular complexity index is 1070. The molecule has 172 valence electrons. The highest BCUT2D eigenvalue weighted by Gasteiger charge is 2.24. The zero-order chi connectivity index (χ0) is 23.6. The van der Waals surface area contributed by atoms with Crippen LogP contribution < -0.4 is 11.1 Å². The van der Waals surface area contributed by atoms with Gasteiger partial charge in [0.1, 0.15) is 0 Å². The minimum atomic E-state index is -2.93. The number of halogens is 2. The summed E-state index contributed by atoms with van der Waals surface area (Å²) < 4.78 is 27.0. The summed E-state index contributed by atoms with van der Waals surface area (Å²) in [7, 11) is 0. The molecular formula is C24H31F2N5O. The second kappa shape index (κ2) is 11.7. The Morgan fingerprint density at radius 2 is 1.91 bits per heavy atom. The lowest BCUT2D eigenvalue weighted by molar-refractivity contribution is 0.0171. The molecule has 0 saturated heterocycles. The van der Waals surface area contributed by atoms with E-state index in [9.17, 15) is 8.78 Å². The van der Waals surface area contributed by atoms with Gasteiger partial charge in [-0.2, -0.15) is 0 Å². The first-order chi connectivity index (χ1) is 15.3. The van der Waals surface area contributed by atoms with Gasteiger partial charge < -0.3 is 16.2 Å². The van der Waals surface area contributed by atoms with Gasteiger partial charge in [-0.25, -0.2) is 18.7 Å². The molecule has 0 atom stereocenters. The third kappa shape index (κ3) is 7.58. The fourth-order valence-corrected chi connectivity index (χ4v) is 2.60. The molecule has 6 nitrogen and oxygen atoms in total. The molecule has 0 spiro atoms. The standard InChI is InChI=1S/C21H19F2N5.C3H8O.2H2/c1-3-17(11-19-8-9-26-20(24)28-19)27-18-6-4-14(5-7-18)15-10-16(13-25-12-15)21(2,22)23;1-2-3-4;;/h4-10,12-13,27H,1,11H2,2H3,(H2,24,26,28);4H,2-3H2,1H3;2*1H. The third-order valence-corrected chi connectivity index (χ3v) is 4.29. The number of rotatable bonds is 7. The van der Waals surface area contributed by atoms with E-state index in [1.165, 1.54) is 12.3 Å². The lowest BCUT2D eigenvalue weighted by atomic mass is 10.0. The Morgan fingerprint density at radius 1 is 1.22 bits per heavy atom. The third-order valence-electron chi connectivity index (χ3n) is 4.29. The van der Waals surface area contributed by atoms with Gasteiger partial charge in [0.25, 0.3) is 5.92 Å². The van der Waals surface area contributed by atoms with Gasteiger partial charge >= 0.3 is 0 Å². The molecule has 2 aromatic heterocycles. The van der Waals surface area contributed by atoms with Crippen molar-refractivity contribution >= 4 is 11.6 Å². The molecule has 0 amide bonds. The predicted octanol–water partition coefficient (Wildman–Crippen LogP) is 5.44. The number of nitrogens with one attached hydrogen (secondary N) is 1. The van der Waals surface area contributed by atoms with Gasteiger partial charge in [-0.05, 0) is 36.2 Å². The summed E-state index contributed by atoms with van der Waals surface area (Å²) >= 11 is 0. The number of anilines is 2. The molecule has 0 aliphatic rings. The minimum Gasteiger partial charge on any atom is -0.396 e. The summed E-state index contributed by atoms with van der Waals surface area (Å²) in [5, 5.41) is 11.1. The van der Waals surface area contributed by atoms with E-state index >= 15 is 0 Å². The van der Waals surface area contributed by atoms with Gasteiger partial charge in [-0.3, -0.25) is 4.98 Å². The van der Waals surface area contributed by atoms with Crippen molar-refractivity contribution in [3.05, 3.63) is 84.3 Å². The van der Waals surface area contributed by atoms with Crippen molar-refractivity contribution in [1.82, 2.24) is 15.0 Å². The Labute approximate surface area is 189 Å².